The van der Waals surface area contributed by atoms with E-state index in [1.54, 1.807) is 0 Å². The van der Waals surface area contributed by atoms with Crippen LogP contribution in [0.15, 0.2) is 4.60 Å². The van der Waals surface area contributed by atoms with Gasteiger partial charge in [-0.3, -0.25) is 4.57 Å². The molecule has 0 amide bonds. The molecule has 0 atom stereocenters. The second-order valence-electron chi connectivity index (χ2n) is 4.27. The molecule has 5 heteroatoms. The normalized spacial score (nSPS) is 11.9. The van der Waals surface area contributed by atoms with Crippen molar-refractivity contribution in [2.24, 2.45) is 13.0 Å². The third kappa shape index (κ3) is 1.69. The van der Waals surface area contributed by atoms with Crippen molar-refractivity contribution in [1.82, 2.24) is 19.2 Å². The van der Waals surface area contributed by atoms with Gasteiger partial charge in [-0.25, -0.2) is 4.98 Å². The van der Waals surface area contributed by atoms with Crippen LogP contribution < -0.4 is 0 Å². The summed E-state index contributed by atoms with van der Waals surface area (Å²) in [4.78, 5) is 4.46. The predicted octanol–water partition coefficient (Wildman–Crippen LogP) is 2.34. The maximum Gasteiger partial charge on any atom is 0.233 e. The number of aryl methyl sites for hydroxylation is 2. The maximum atomic E-state index is 4.54. The van der Waals surface area contributed by atoms with E-state index in [4.69, 9.17) is 0 Å². The van der Waals surface area contributed by atoms with E-state index in [2.05, 4.69) is 44.4 Å². The molecule has 0 saturated heterocycles. The van der Waals surface area contributed by atoms with Gasteiger partial charge >= 0.3 is 0 Å². The lowest BCUT2D eigenvalue weighted by atomic mass is 10.1. The Labute approximate surface area is 97.4 Å². The van der Waals surface area contributed by atoms with Crippen molar-refractivity contribution in [3.8, 4) is 0 Å². The third-order valence-corrected chi connectivity index (χ3v) is 3.34. The first-order valence-corrected chi connectivity index (χ1v) is 5.86. The van der Waals surface area contributed by atoms with E-state index in [1.807, 2.05) is 18.5 Å². The van der Waals surface area contributed by atoms with Crippen LogP contribution in [0.25, 0.3) is 5.78 Å². The summed E-state index contributed by atoms with van der Waals surface area (Å²) in [6, 6.07) is 0. The van der Waals surface area contributed by atoms with Crippen LogP contribution in [0, 0.1) is 12.8 Å². The Morgan fingerprint density at radius 1 is 1.40 bits per heavy atom. The van der Waals surface area contributed by atoms with Gasteiger partial charge in [0.05, 0.1) is 5.69 Å². The van der Waals surface area contributed by atoms with Crippen LogP contribution in [0.4, 0.5) is 0 Å². The molecular weight excluding hydrogens is 256 g/mol. The van der Waals surface area contributed by atoms with Gasteiger partial charge in [0.15, 0.2) is 0 Å². The third-order valence-electron chi connectivity index (χ3n) is 2.44. The van der Waals surface area contributed by atoms with Crippen LogP contribution in [0.3, 0.4) is 0 Å². The Morgan fingerprint density at radius 2 is 2.07 bits per heavy atom. The molecule has 2 rings (SSSR count). The van der Waals surface area contributed by atoms with Crippen molar-refractivity contribution in [2.75, 3.05) is 0 Å². The van der Waals surface area contributed by atoms with Gasteiger partial charge in [0.2, 0.25) is 5.78 Å². The van der Waals surface area contributed by atoms with Gasteiger partial charge in [0, 0.05) is 13.5 Å². The number of imidazole rings is 1. The molecule has 0 unspecified atom stereocenters. The lowest BCUT2D eigenvalue weighted by molar-refractivity contribution is 0.599. The maximum absolute atomic E-state index is 4.54. The van der Waals surface area contributed by atoms with Gasteiger partial charge in [0.25, 0.3) is 0 Å². The Bertz CT molecular complexity index is 495. The topological polar surface area (TPSA) is 35.1 Å². The highest BCUT2D eigenvalue weighted by molar-refractivity contribution is 9.10. The second-order valence-corrected chi connectivity index (χ2v) is 5.02. The second kappa shape index (κ2) is 3.63. The van der Waals surface area contributed by atoms with Gasteiger partial charge in [-0.15, -0.1) is 0 Å². The number of halogens is 1. The van der Waals surface area contributed by atoms with E-state index >= 15 is 0 Å². The SMILES string of the molecule is Cc1nc2n(C)c(CC(C)C)nn2c1Br. The highest BCUT2D eigenvalue weighted by Crippen LogP contribution is 2.19. The zero-order chi connectivity index (χ0) is 11.2. The van der Waals surface area contributed by atoms with Crippen LogP contribution in [0.1, 0.15) is 25.4 Å². The number of fused-ring (bicyclic) bond motifs is 1. The molecule has 2 heterocycles. The molecule has 82 valence electrons. The highest BCUT2D eigenvalue weighted by Gasteiger charge is 2.14. The van der Waals surface area contributed by atoms with Gasteiger partial charge in [-0.05, 0) is 28.8 Å². The monoisotopic (exact) mass is 270 g/mol. The van der Waals surface area contributed by atoms with Crippen LogP contribution in [-0.4, -0.2) is 19.2 Å². The zero-order valence-electron chi connectivity index (χ0n) is 9.45. The van der Waals surface area contributed by atoms with Crippen molar-refractivity contribution in [3.63, 3.8) is 0 Å². The number of rotatable bonds is 2. The Balaban J connectivity index is 2.56. The van der Waals surface area contributed by atoms with E-state index in [1.165, 1.54) is 0 Å². The molecular formula is C10H15BrN4. The Hall–Kier alpha value is -0.840. The molecule has 0 aliphatic rings. The van der Waals surface area contributed by atoms with Crippen molar-refractivity contribution < 1.29 is 0 Å². The molecule has 15 heavy (non-hydrogen) atoms. The summed E-state index contributed by atoms with van der Waals surface area (Å²) >= 11 is 3.49. The highest BCUT2D eigenvalue weighted by atomic mass is 79.9. The first-order chi connectivity index (χ1) is 7.00. The van der Waals surface area contributed by atoms with Crippen LogP contribution in [-0.2, 0) is 13.5 Å². The molecule has 0 aliphatic carbocycles. The molecule has 0 radical (unpaired) electrons. The largest absolute Gasteiger partial charge is 0.300 e. The van der Waals surface area contributed by atoms with Crippen LogP contribution in [0.2, 0.25) is 0 Å². The van der Waals surface area contributed by atoms with Crippen molar-refractivity contribution >= 4 is 21.7 Å². The average molecular weight is 271 g/mol. The lowest BCUT2D eigenvalue weighted by Gasteiger charge is -2.02. The Morgan fingerprint density at radius 3 is 2.60 bits per heavy atom. The van der Waals surface area contributed by atoms with Crippen LogP contribution >= 0.6 is 15.9 Å². The fraction of sp³-hybridized carbons (Fsp3) is 0.600. The van der Waals surface area contributed by atoms with E-state index in [9.17, 15) is 0 Å². The first kappa shape index (κ1) is 10.7. The number of nitrogens with zero attached hydrogens (tertiary/aromatic N) is 4. The van der Waals surface area contributed by atoms with Crippen LogP contribution in [0.5, 0.6) is 0 Å². The minimum Gasteiger partial charge on any atom is -0.300 e. The predicted molar refractivity (Wildman–Crippen MR) is 62.9 cm³/mol. The molecule has 0 fully saturated rings. The number of hydrogen-bond donors (Lipinski definition) is 0. The summed E-state index contributed by atoms with van der Waals surface area (Å²) in [5.41, 5.74) is 0.976. The van der Waals surface area contributed by atoms with E-state index in [0.29, 0.717) is 5.92 Å². The average Bonchev–Trinajstić information content (AvgIpc) is 2.57. The summed E-state index contributed by atoms with van der Waals surface area (Å²) in [7, 11) is 2.01. The molecule has 0 spiro atoms. The number of hydrogen-bond acceptors (Lipinski definition) is 2. The van der Waals surface area contributed by atoms with E-state index < -0.39 is 0 Å². The molecule has 0 aromatic carbocycles. The quantitative estimate of drug-likeness (QED) is 0.840. The molecule has 0 aliphatic heterocycles. The Kier molecular flexibility index (Phi) is 2.58. The smallest absolute Gasteiger partial charge is 0.233 e. The minimum absolute atomic E-state index is 0.607. The first-order valence-electron chi connectivity index (χ1n) is 5.07. The molecule has 2 aromatic rings. The summed E-state index contributed by atoms with van der Waals surface area (Å²) in [5, 5.41) is 4.54. The summed E-state index contributed by atoms with van der Waals surface area (Å²) in [6.07, 6.45) is 0.978. The molecule has 0 bridgehead atoms. The number of aromatic nitrogens is 4. The summed E-state index contributed by atoms with van der Waals surface area (Å²) in [5.74, 6) is 2.58. The minimum atomic E-state index is 0.607. The molecule has 2 aromatic heterocycles. The molecule has 4 nitrogen and oxygen atoms in total. The van der Waals surface area contributed by atoms with Gasteiger partial charge in [-0.1, -0.05) is 13.8 Å². The van der Waals surface area contributed by atoms with Gasteiger partial charge in [0.1, 0.15) is 10.4 Å². The van der Waals surface area contributed by atoms with Crippen molar-refractivity contribution in [2.45, 2.75) is 27.2 Å². The summed E-state index contributed by atoms with van der Waals surface area (Å²) in [6.45, 7) is 6.36. The fourth-order valence-electron chi connectivity index (χ4n) is 1.63. The fourth-order valence-corrected chi connectivity index (χ4v) is 1.96. The standard InChI is InChI=1S/C10H15BrN4/c1-6(2)5-8-13-15-9(11)7(3)12-10(15)14(8)4/h6H,5H2,1-4H3. The van der Waals surface area contributed by atoms with Gasteiger partial charge in [-0.2, -0.15) is 9.61 Å². The summed E-state index contributed by atoms with van der Waals surface area (Å²) < 4.78 is 4.85. The molecule has 0 saturated carbocycles. The van der Waals surface area contributed by atoms with E-state index in [0.717, 1.165) is 28.3 Å². The van der Waals surface area contributed by atoms with E-state index in [-0.39, 0.29) is 0 Å². The lowest BCUT2D eigenvalue weighted by Crippen LogP contribution is -2.03. The molecule has 0 N–H and O–H groups in total. The van der Waals surface area contributed by atoms with Crippen molar-refractivity contribution in [1.29, 1.82) is 0 Å². The zero-order valence-corrected chi connectivity index (χ0v) is 11.0. The van der Waals surface area contributed by atoms with Gasteiger partial charge < -0.3 is 0 Å². The van der Waals surface area contributed by atoms with Crippen molar-refractivity contribution in [3.05, 3.63) is 16.1 Å².